The minimum absolute atomic E-state index is 0.249. The van der Waals surface area contributed by atoms with E-state index in [1.165, 1.54) is 4.31 Å². The fourth-order valence-electron chi connectivity index (χ4n) is 3.10. The van der Waals surface area contributed by atoms with Crippen molar-refractivity contribution in [3.63, 3.8) is 0 Å². The second kappa shape index (κ2) is 5.59. The van der Waals surface area contributed by atoms with E-state index < -0.39 is 10.0 Å². The van der Waals surface area contributed by atoms with E-state index in [4.69, 9.17) is 0 Å². The van der Waals surface area contributed by atoms with Crippen LogP contribution in [0.5, 0.6) is 0 Å². The molecule has 6 heteroatoms. The first-order valence-electron chi connectivity index (χ1n) is 7.48. The molecule has 0 bridgehead atoms. The Balaban J connectivity index is 1.77. The molecule has 0 spiro atoms. The van der Waals surface area contributed by atoms with Crippen LogP contribution in [-0.4, -0.2) is 44.1 Å². The predicted molar refractivity (Wildman–Crippen MR) is 81.8 cm³/mol. The van der Waals surface area contributed by atoms with Gasteiger partial charge in [0.1, 0.15) is 0 Å². The minimum atomic E-state index is -3.44. The quantitative estimate of drug-likeness (QED) is 0.883. The largest absolute Gasteiger partial charge is 0.393 e. The summed E-state index contributed by atoms with van der Waals surface area (Å²) in [6, 6.07) is 5.34. The molecule has 3 rings (SSSR count). The maximum Gasteiger partial charge on any atom is 0.242 e. The van der Waals surface area contributed by atoms with E-state index in [-0.39, 0.29) is 12.0 Å². The molecule has 116 valence electrons. The summed E-state index contributed by atoms with van der Waals surface area (Å²) in [5, 5.41) is 12.6. The van der Waals surface area contributed by atoms with Crippen LogP contribution < -0.4 is 5.32 Å². The maximum atomic E-state index is 12.6. The van der Waals surface area contributed by atoms with Crippen molar-refractivity contribution in [2.45, 2.75) is 36.7 Å². The summed E-state index contributed by atoms with van der Waals surface area (Å²) >= 11 is 0. The average molecular weight is 310 g/mol. The Labute approximate surface area is 126 Å². The number of aliphatic hydroxyl groups is 1. The van der Waals surface area contributed by atoms with Gasteiger partial charge in [-0.15, -0.1) is 0 Å². The zero-order valence-corrected chi connectivity index (χ0v) is 13.1. The second-order valence-corrected chi connectivity index (χ2v) is 8.17. The molecular weight excluding hydrogens is 288 g/mol. The molecule has 1 aliphatic heterocycles. The summed E-state index contributed by atoms with van der Waals surface area (Å²) in [5.41, 5.74) is 2.12. The van der Waals surface area contributed by atoms with Crippen LogP contribution in [0.3, 0.4) is 0 Å². The molecule has 1 saturated carbocycles. The summed E-state index contributed by atoms with van der Waals surface area (Å²) in [6.45, 7) is 1.43. The van der Waals surface area contributed by atoms with Gasteiger partial charge in [0.2, 0.25) is 10.0 Å². The number of sulfonamides is 1. The number of rotatable bonds is 4. The zero-order chi connectivity index (χ0) is 15.0. The molecule has 1 heterocycles. The maximum absolute atomic E-state index is 12.6. The number of fused-ring (bicyclic) bond motifs is 1. The SMILES string of the molecule is CN(CC1CC(O)C1)S(=O)(=O)c1ccc2c(c1)CCCN2. The Kier molecular flexibility index (Phi) is 3.94. The number of benzene rings is 1. The third-order valence-corrected chi connectivity index (χ3v) is 6.27. The molecule has 5 nitrogen and oxygen atoms in total. The van der Waals surface area contributed by atoms with Gasteiger partial charge in [-0.1, -0.05) is 0 Å². The van der Waals surface area contributed by atoms with Crippen molar-refractivity contribution in [1.29, 1.82) is 0 Å². The Morgan fingerprint density at radius 1 is 1.38 bits per heavy atom. The van der Waals surface area contributed by atoms with E-state index in [0.29, 0.717) is 24.3 Å². The highest BCUT2D eigenvalue weighted by atomic mass is 32.2. The average Bonchev–Trinajstić information content (AvgIpc) is 2.45. The van der Waals surface area contributed by atoms with E-state index in [1.54, 1.807) is 19.2 Å². The molecule has 0 unspecified atom stereocenters. The van der Waals surface area contributed by atoms with Crippen molar-refractivity contribution in [3.05, 3.63) is 23.8 Å². The first-order valence-corrected chi connectivity index (χ1v) is 8.92. The van der Waals surface area contributed by atoms with E-state index in [2.05, 4.69) is 5.32 Å². The lowest BCUT2D eigenvalue weighted by Crippen LogP contribution is -2.39. The van der Waals surface area contributed by atoms with Crippen LogP contribution in [0.1, 0.15) is 24.8 Å². The van der Waals surface area contributed by atoms with Crippen molar-refractivity contribution < 1.29 is 13.5 Å². The first-order chi connectivity index (χ1) is 9.96. The Morgan fingerprint density at radius 2 is 2.14 bits per heavy atom. The van der Waals surface area contributed by atoms with Crippen molar-refractivity contribution in [2.75, 3.05) is 25.5 Å². The fourth-order valence-corrected chi connectivity index (χ4v) is 4.40. The summed E-state index contributed by atoms with van der Waals surface area (Å²) in [6.07, 6.45) is 3.11. The summed E-state index contributed by atoms with van der Waals surface area (Å²) in [5.74, 6) is 0.277. The van der Waals surface area contributed by atoms with Gasteiger partial charge in [-0.05, 0) is 55.4 Å². The Morgan fingerprint density at radius 3 is 2.86 bits per heavy atom. The van der Waals surface area contributed by atoms with Gasteiger partial charge in [0.05, 0.1) is 11.0 Å². The van der Waals surface area contributed by atoms with Gasteiger partial charge in [-0.2, -0.15) is 0 Å². The standard InChI is InChI=1S/C15H22N2O3S/c1-17(10-11-7-13(18)8-11)21(19,20)14-4-5-15-12(9-14)3-2-6-16-15/h4-5,9,11,13,16,18H,2-3,6-8,10H2,1H3. The molecule has 1 aliphatic carbocycles. The number of aliphatic hydroxyl groups excluding tert-OH is 1. The summed E-state index contributed by atoms with van der Waals surface area (Å²) < 4.78 is 26.7. The highest BCUT2D eigenvalue weighted by molar-refractivity contribution is 7.89. The van der Waals surface area contributed by atoms with Crippen LogP contribution in [-0.2, 0) is 16.4 Å². The number of aryl methyl sites for hydroxylation is 1. The molecular formula is C15H22N2O3S. The topological polar surface area (TPSA) is 69.6 Å². The number of anilines is 1. The molecule has 21 heavy (non-hydrogen) atoms. The van der Waals surface area contributed by atoms with Gasteiger partial charge in [0.15, 0.2) is 0 Å². The summed E-state index contributed by atoms with van der Waals surface area (Å²) in [7, 11) is -1.81. The minimum Gasteiger partial charge on any atom is -0.393 e. The molecule has 1 aromatic rings. The highest BCUT2D eigenvalue weighted by Crippen LogP contribution is 2.30. The molecule has 1 fully saturated rings. The van der Waals surface area contributed by atoms with Crippen LogP contribution in [0.2, 0.25) is 0 Å². The predicted octanol–water partition coefficient (Wildman–Crippen LogP) is 1.44. The van der Waals surface area contributed by atoms with E-state index in [1.807, 2.05) is 6.07 Å². The molecule has 1 aromatic carbocycles. The summed E-state index contributed by atoms with van der Waals surface area (Å²) in [4.78, 5) is 0.368. The van der Waals surface area contributed by atoms with Gasteiger partial charge in [-0.3, -0.25) is 0 Å². The monoisotopic (exact) mass is 310 g/mol. The molecule has 0 atom stereocenters. The smallest absolute Gasteiger partial charge is 0.242 e. The fraction of sp³-hybridized carbons (Fsp3) is 0.600. The Hall–Kier alpha value is -1.11. The molecule has 2 aliphatic rings. The number of hydrogen-bond acceptors (Lipinski definition) is 4. The molecule has 0 radical (unpaired) electrons. The van der Waals surface area contributed by atoms with Gasteiger partial charge in [0.25, 0.3) is 0 Å². The van der Waals surface area contributed by atoms with Crippen LogP contribution in [0, 0.1) is 5.92 Å². The van der Waals surface area contributed by atoms with Crippen molar-refractivity contribution in [1.82, 2.24) is 4.31 Å². The Bertz CT molecular complexity index is 624. The van der Waals surface area contributed by atoms with E-state index >= 15 is 0 Å². The van der Waals surface area contributed by atoms with E-state index in [0.717, 1.165) is 30.6 Å². The van der Waals surface area contributed by atoms with Gasteiger partial charge >= 0.3 is 0 Å². The van der Waals surface area contributed by atoms with Crippen LogP contribution in [0.25, 0.3) is 0 Å². The third kappa shape index (κ3) is 2.93. The lowest BCUT2D eigenvalue weighted by molar-refractivity contribution is 0.0367. The zero-order valence-electron chi connectivity index (χ0n) is 12.2. The van der Waals surface area contributed by atoms with Crippen molar-refractivity contribution in [2.24, 2.45) is 5.92 Å². The van der Waals surface area contributed by atoms with Crippen molar-refractivity contribution in [3.8, 4) is 0 Å². The van der Waals surface area contributed by atoms with Crippen LogP contribution >= 0.6 is 0 Å². The third-order valence-electron chi connectivity index (χ3n) is 4.45. The molecule has 0 aromatic heterocycles. The number of nitrogens with one attached hydrogen (secondary N) is 1. The normalized spacial score (nSPS) is 25.1. The lowest BCUT2D eigenvalue weighted by atomic mass is 9.82. The van der Waals surface area contributed by atoms with Crippen molar-refractivity contribution >= 4 is 15.7 Å². The molecule has 2 N–H and O–H groups in total. The second-order valence-electron chi connectivity index (χ2n) is 6.13. The van der Waals surface area contributed by atoms with Gasteiger partial charge in [0, 0.05) is 25.8 Å². The molecule has 0 saturated heterocycles. The highest BCUT2D eigenvalue weighted by Gasteiger charge is 2.32. The van der Waals surface area contributed by atoms with E-state index in [9.17, 15) is 13.5 Å². The molecule has 0 amide bonds. The van der Waals surface area contributed by atoms with Crippen LogP contribution in [0.15, 0.2) is 23.1 Å². The lowest BCUT2D eigenvalue weighted by Gasteiger charge is -2.34. The van der Waals surface area contributed by atoms with Gasteiger partial charge < -0.3 is 10.4 Å². The number of nitrogens with zero attached hydrogens (tertiary/aromatic N) is 1. The first kappa shape index (κ1) is 14.8. The van der Waals surface area contributed by atoms with Crippen LogP contribution in [0.4, 0.5) is 5.69 Å². The number of hydrogen-bond donors (Lipinski definition) is 2. The van der Waals surface area contributed by atoms with Gasteiger partial charge in [-0.25, -0.2) is 12.7 Å².